The summed E-state index contributed by atoms with van der Waals surface area (Å²) in [5.41, 5.74) is 0. The Labute approximate surface area is 188 Å². The van der Waals surface area contributed by atoms with Gasteiger partial charge in [0.25, 0.3) is 0 Å². The normalized spacial score (nSPS) is 19.5. The maximum atomic E-state index is 11.9. The molecule has 1 aliphatic rings. The highest BCUT2D eigenvalue weighted by atomic mass is 16.4. The van der Waals surface area contributed by atoms with Gasteiger partial charge in [0.1, 0.15) is 6.04 Å². The molecule has 0 bridgehead atoms. The lowest BCUT2D eigenvalue weighted by Gasteiger charge is -2.35. The molecule has 0 radical (unpaired) electrons. The highest BCUT2D eigenvalue weighted by Crippen LogP contribution is 2.11. The fourth-order valence-electron chi connectivity index (χ4n) is 3.77. The van der Waals surface area contributed by atoms with Crippen LogP contribution in [0.25, 0.3) is 0 Å². The first-order valence-corrected chi connectivity index (χ1v) is 10.9. The van der Waals surface area contributed by atoms with E-state index in [1.807, 2.05) is 6.92 Å². The fraction of sp³-hybridized carbons (Fsp3) is 0.800. The quantitative estimate of drug-likeness (QED) is 0.301. The molecule has 0 saturated carbocycles. The molecule has 0 amide bonds. The Hall–Kier alpha value is -2.28. The predicted octanol–water partition coefficient (Wildman–Crippen LogP) is -0.895. The highest BCUT2D eigenvalue weighted by molar-refractivity contribution is 5.73. The van der Waals surface area contributed by atoms with Crippen molar-refractivity contribution < 1.29 is 39.6 Å². The molecule has 4 N–H and O–H groups in total. The number of unbranched alkanes of at least 4 members (excludes halogenated alkanes) is 1. The second kappa shape index (κ2) is 14.7. The summed E-state index contributed by atoms with van der Waals surface area (Å²) in [5.74, 6) is -3.99. The van der Waals surface area contributed by atoms with E-state index >= 15 is 0 Å². The molecule has 184 valence electrons. The van der Waals surface area contributed by atoms with Gasteiger partial charge in [0.2, 0.25) is 0 Å². The Bertz CT molecular complexity index is 601. The monoisotopic (exact) mass is 460 g/mol. The van der Waals surface area contributed by atoms with E-state index in [1.54, 1.807) is 19.6 Å². The van der Waals surface area contributed by atoms with E-state index in [4.69, 9.17) is 0 Å². The molecule has 32 heavy (non-hydrogen) atoms. The minimum atomic E-state index is -1.02. The molecule has 1 rings (SSSR count). The summed E-state index contributed by atoms with van der Waals surface area (Å²) in [6, 6.07) is -0.736. The summed E-state index contributed by atoms with van der Waals surface area (Å²) in [5, 5.41) is 37.4. The number of carboxylic acids is 4. The van der Waals surface area contributed by atoms with E-state index in [9.17, 15) is 39.6 Å². The van der Waals surface area contributed by atoms with Crippen LogP contribution in [0, 0.1) is 0 Å². The number of hydrogen-bond acceptors (Lipinski definition) is 8. The summed E-state index contributed by atoms with van der Waals surface area (Å²) < 4.78 is 0. The van der Waals surface area contributed by atoms with Crippen LogP contribution < -0.4 is 0 Å². The topological polar surface area (TPSA) is 162 Å². The second-order valence-corrected chi connectivity index (χ2v) is 8.04. The molecule has 0 aromatic heterocycles. The van der Waals surface area contributed by atoms with Crippen LogP contribution in [0.4, 0.5) is 0 Å². The van der Waals surface area contributed by atoms with E-state index in [0.717, 1.165) is 12.8 Å². The van der Waals surface area contributed by atoms with Gasteiger partial charge in [0.05, 0.1) is 19.6 Å². The molecular weight excluding hydrogens is 424 g/mol. The highest BCUT2D eigenvalue weighted by Gasteiger charge is 2.27. The van der Waals surface area contributed by atoms with Crippen molar-refractivity contribution in [3.05, 3.63) is 0 Å². The molecule has 1 atom stereocenters. The predicted molar refractivity (Wildman–Crippen MR) is 115 cm³/mol. The van der Waals surface area contributed by atoms with Crippen LogP contribution >= 0.6 is 0 Å². The lowest BCUT2D eigenvalue weighted by atomic mass is 10.1. The molecule has 12 nitrogen and oxygen atoms in total. The molecule has 12 heteroatoms. The van der Waals surface area contributed by atoms with Gasteiger partial charge in [-0.1, -0.05) is 19.8 Å². The zero-order chi connectivity index (χ0) is 24.1. The molecule has 1 saturated heterocycles. The minimum absolute atomic E-state index is 0.230. The number of carboxylic acid groups (broad SMARTS) is 4. The number of hydrogen-bond donors (Lipinski definition) is 4. The summed E-state index contributed by atoms with van der Waals surface area (Å²) in [4.78, 5) is 52.5. The first-order chi connectivity index (χ1) is 15.1. The van der Waals surface area contributed by atoms with Gasteiger partial charge in [-0.05, 0) is 6.42 Å². The largest absolute Gasteiger partial charge is 0.480 e. The van der Waals surface area contributed by atoms with Crippen molar-refractivity contribution in [3.8, 4) is 0 Å². The number of carbonyl (C=O) groups is 4. The Morgan fingerprint density at radius 2 is 1.00 bits per heavy atom. The first kappa shape index (κ1) is 27.8. The summed E-state index contributed by atoms with van der Waals surface area (Å²) >= 11 is 0. The van der Waals surface area contributed by atoms with Gasteiger partial charge < -0.3 is 20.4 Å². The molecule has 1 fully saturated rings. The lowest BCUT2D eigenvalue weighted by Crippen LogP contribution is -2.51. The van der Waals surface area contributed by atoms with Crippen LogP contribution in [0.2, 0.25) is 0 Å². The van der Waals surface area contributed by atoms with Crippen LogP contribution in [-0.4, -0.2) is 142 Å². The van der Waals surface area contributed by atoms with Crippen LogP contribution in [0.1, 0.15) is 26.2 Å². The van der Waals surface area contributed by atoms with Crippen molar-refractivity contribution in [2.45, 2.75) is 32.2 Å². The molecule has 0 aliphatic carbocycles. The molecule has 0 aromatic rings. The smallest absolute Gasteiger partial charge is 0.320 e. The molecule has 0 spiro atoms. The second-order valence-electron chi connectivity index (χ2n) is 8.04. The summed E-state index contributed by atoms with van der Waals surface area (Å²) in [6.07, 6.45) is 2.03. The Morgan fingerprint density at radius 1 is 0.656 bits per heavy atom. The van der Waals surface area contributed by atoms with Crippen molar-refractivity contribution in [2.75, 3.05) is 72.0 Å². The van der Waals surface area contributed by atoms with E-state index in [1.165, 1.54) is 0 Å². The Kier molecular flexibility index (Phi) is 12.8. The van der Waals surface area contributed by atoms with Crippen molar-refractivity contribution in [1.29, 1.82) is 0 Å². The molecule has 1 heterocycles. The first-order valence-electron chi connectivity index (χ1n) is 10.9. The zero-order valence-corrected chi connectivity index (χ0v) is 18.7. The average Bonchev–Trinajstić information content (AvgIpc) is 2.68. The van der Waals surface area contributed by atoms with Gasteiger partial charge >= 0.3 is 23.9 Å². The van der Waals surface area contributed by atoms with E-state index in [0.29, 0.717) is 58.8 Å². The third-order valence-corrected chi connectivity index (χ3v) is 5.51. The van der Waals surface area contributed by atoms with Gasteiger partial charge in [-0.2, -0.15) is 0 Å². The maximum absolute atomic E-state index is 11.9. The van der Waals surface area contributed by atoms with Gasteiger partial charge in [-0.3, -0.25) is 38.8 Å². The number of rotatable bonds is 11. The van der Waals surface area contributed by atoms with Crippen molar-refractivity contribution in [2.24, 2.45) is 0 Å². The third-order valence-electron chi connectivity index (χ3n) is 5.51. The van der Waals surface area contributed by atoms with Crippen molar-refractivity contribution in [3.63, 3.8) is 0 Å². The minimum Gasteiger partial charge on any atom is -0.480 e. The van der Waals surface area contributed by atoms with E-state index < -0.39 is 29.9 Å². The Morgan fingerprint density at radius 3 is 1.28 bits per heavy atom. The Balaban J connectivity index is 3.07. The molecular formula is C20H36N4O8. The summed E-state index contributed by atoms with van der Waals surface area (Å²) in [6.45, 7) is 3.74. The van der Waals surface area contributed by atoms with Crippen molar-refractivity contribution in [1.82, 2.24) is 19.6 Å². The van der Waals surface area contributed by atoms with Crippen LogP contribution in [0.5, 0.6) is 0 Å². The summed E-state index contributed by atoms with van der Waals surface area (Å²) in [7, 11) is 0. The number of nitrogens with zero attached hydrogens (tertiary/aromatic N) is 4. The van der Waals surface area contributed by atoms with Crippen LogP contribution in [-0.2, 0) is 19.2 Å². The van der Waals surface area contributed by atoms with Crippen LogP contribution in [0.15, 0.2) is 0 Å². The zero-order valence-electron chi connectivity index (χ0n) is 18.7. The van der Waals surface area contributed by atoms with Gasteiger partial charge in [-0.15, -0.1) is 0 Å². The molecule has 0 aromatic carbocycles. The number of aliphatic carboxylic acids is 4. The lowest BCUT2D eigenvalue weighted by molar-refractivity contribution is -0.145. The SMILES string of the molecule is CCCCC(C(=O)O)N1CCN(CC(=O)O)CCN(CC(=O)O)CCN(CC(=O)O)CC1. The van der Waals surface area contributed by atoms with Gasteiger partial charge in [0, 0.05) is 52.4 Å². The van der Waals surface area contributed by atoms with Gasteiger partial charge in [0.15, 0.2) is 0 Å². The van der Waals surface area contributed by atoms with Crippen molar-refractivity contribution >= 4 is 23.9 Å². The van der Waals surface area contributed by atoms with Gasteiger partial charge in [-0.25, -0.2) is 0 Å². The van der Waals surface area contributed by atoms with E-state index in [-0.39, 0.29) is 19.6 Å². The average molecular weight is 461 g/mol. The molecule has 1 aliphatic heterocycles. The molecule has 1 unspecified atom stereocenters. The third kappa shape index (κ3) is 11.4. The van der Waals surface area contributed by atoms with E-state index in [2.05, 4.69) is 0 Å². The standard InChI is InChI=1S/C20H36N4O8/c1-2-3-4-16(20(31)32)24-11-9-22(14-18(27)28)7-5-21(13-17(25)26)6-8-23(10-12-24)15-19(29)30/h16H,2-15H2,1H3,(H,25,26)(H,27,28)(H,29,30)(H,31,32). The maximum Gasteiger partial charge on any atom is 0.320 e. The fourth-order valence-corrected chi connectivity index (χ4v) is 3.77. The van der Waals surface area contributed by atoms with Crippen LogP contribution in [0.3, 0.4) is 0 Å².